The highest BCUT2D eigenvalue weighted by Crippen LogP contribution is 2.31. The first-order valence-corrected chi connectivity index (χ1v) is 7.47. The van der Waals surface area contributed by atoms with Crippen molar-refractivity contribution in [1.29, 1.82) is 0 Å². The maximum absolute atomic E-state index is 12.2. The molecule has 1 aromatic rings. The van der Waals surface area contributed by atoms with Crippen LogP contribution in [0.2, 0.25) is 10.0 Å². The van der Waals surface area contributed by atoms with Gasteiger partial charge in [0.05, 0.1) is 6.54 Å². The van der Waals surface area contributed by atoms with Gasteiger partial charge in [0.15, 0.2) is 0 Å². The van der Waals surface area contributed by atoms with Crippen LogP contribution in [0.15, 0.2) is 18.2 Å². The van der Waals surface area contributed by atoms with Crippen molar-refractivity contribution in [3.05, 3.63) is 33.8 Å². The summed E-state index contributed by atoms with van der Waals surface area (Å²) in [5, 5.41) is 3.63. The number of nitrogens with one attached hydrogen (secondary N) is 1. The topological polar surface area (TPSA) is 49.4 Å². The highest BCUT2D eigenvalue weighted by atomic mass is 35.5. The summed E-state index contributed by atoms with van der Waals surface area (Å²) >= 11 is 12.3. The van der Waals surface area contributed by atoms with Crippen molar-refractivity contribution in [2.75, 3.05) is 6.54 Å². The molecule has 0 spiro atoms. The Morgan fingerprint density at radius 3 is 2.33 bits per heavy atom. The van der Waals surface area contributed by atoms with E-state index >= 15 is 0 Å². The van der Waals surface area contributed by atoms with E-state index in [2.05, 4.69) is 5.32 Å². The molecule has 1 unspecified atom stereocenters. The van der Waals surface area contributed by atoms with Crippen LogP contribution in [0.3, 0.4) is 0 Å². The first-order chi connectivity index (χ1) is 9.71. The Morgan fingerprint density at radius 2 is 1.81 bits per heavy atom. The molecular formula is C15H18Cl2N2O2. The van der Waals surface area contributed by atoms with Crippen molar-refractivity contribution < 1.29 is 9.59 Å². The van der Waals surface area contributed by atoms with Gasteiger partial charge in [-0.1, -0.05) is 50.0 Å². The zero-order valence-electron chi connectivity index (χ0n) is 12.2. The van der Waals surface area contributed by atoms with Gasteiger partial charge in [0, 0.05) is 22.2 Å². The first-order valence-electron chi connectivity index (χ1n) is 6.72. The van der Waals surface area contributed by atoms with Crippen LogP contribution in [0, 0.1) is 5.41 Å². The van der Waals surface area contributed by atoms with Gasteiger partial charge in [-0.25, -0.2) is 0 Å². The molecule has 1 aromatic carbocycles. The van der Waals surface area contributed by atoms with Crippen molar-refractivity contribution in [3.8, 4) is 0 Å². The van der Waals surface area contributed by atoms with Crippen LogP contribution in [0.4, 0.5) is 0 Å². The third kappa shape index (κ3) is 3.33. The Labute approximate surface area is 134 Å². The van der Waals surface area contributed by atoms with Gasteiger partial charge in [0.2, 0.25) is 11.8 Å². The Balaban J connectivity index is 2.38. The SMILES string of the molecule is CC(C)(C)C1C(=O)NCC(=O)N1Cc1c(Cl)cccc1Cl. The first kappa shape index (κ1) is 16.1. The predicted octanol–water partition coefficient (Wildman–Crippen LogP) is 2.87. The fourth-order valence-corrected chi connectivity index (χ4v) is 3.06. The van der Waals surface area contributed by atoms with E-state index in [1.54, 1.807) is 23.1 Å². The monoisotopic (exact) mass is 328 g/mol. The highest BCUT2D eigenvalue weighted by Gasteiger charge is 2.42. The number of rotatable bonds is 2. The molecule has 0 bridgehead atoms. The maximum atomic E-state index is 12.2. The molecule has 0 saturated carbocycles. The van der Waals surface area contributed by atoms with Crippen LogP contribution in [-0.4, -0.2) is 29.3 Å². The molecule has 21 heavy (non-hydrogen) atoms. The summed E-state index contributed by atoms with van der Waals surface area (Å²) in [5.41, 5.74) is 0.284. The summed E-state index contributed by atoms with van der Waals surface area (Å²) < 4.78 is 0. The number of amides is 2. The number of nitrogens with zero attached hydrogens (tertiary/aromatic N) is 1. The second-order valence-corrected chi connectivity index (χ2v) is 7.02. The quantitative estimate of drug-likeness (QED) is 0.907. The molecule has 1 aliphatic heterocycles. The van der Waals surface area contributed by atoms with Crippen molar-refractivity contribution in [2.45, 2.75) is 33.4 Å². The molecule has 1 heterocycles. The normalized spacial score (nSPS) is 19.7. The highest BCUT2D eigenvalue weighted by molar-refractivity contribution is 6.36. The molecule has 1 saturated heterocycles. The summed E-state index contributed by atoms with van der Waals surface area (Å²) in [4.78, 5) is 26.0. The van der Waals surface area contributed by atoms with E-state index < -0.39 is 6.04 Å². The van der Waals surface area contributed by atoms with E-state index in [0.29, 0.717) is 15.6 Å². The van der Waals surface area contributed by atoms with Crippen molar-refractivity contribution in [1.82, 2.24) is 10.2 Å². The lowest BCUT2D eigenvalue weighted by molar-refractivity contribution is -0.150. The molecule has 2 rings (SSSR count). The molecule has 2 amide bonds. The number of halogens is 2. The fraction of sp³-hybridized carbons (Fsp3) is 0.467. The summed E-state index contributed by atoms with van der Waals surface area (Å²) in [7, 11) is 0. The van der Waals surface area contributed by atoms with Crippen LogP contribution >= 0.6 is 23.2 Å². The summed E-state index contributed by atoms with van der Waals surface area (Å²) in [6, 6.07) is 4.65. The Morgan fingerprint density at radius 1 is 1.24 bits per heavy atom. The lowest BCUT2D eigenvalue weighted by atomic mass is 9.83. The Bertz CT molecular complexity index is 561. The molecule has 1 fully saturated rings. The minimum atomic E-state index is -0.550. The van der Waals surface area contributed by atoms with Crippen LogP contribution in [0.5, 0.6) is 0 Å². The molecule has 4 nitrogen and oxygen atoms in total. The smallest absolute Gasteiger partial charge is 0.243 e. The minimum absolute atomic E-state index is 0.00743. The van der Waals surface area contributed by atoms with Gasteiger partial charge in [-0.3, -0.25) is 9.59 Å². The predicted molar refractivity (Wildman–Crippen MR) is 83.3 cm³/mol. The van der Waals surface area contributed by atoms with E-state index in [-0.39, 0.29) is 30.3 Å². The molecule has 1 aliphatic rings. The minimum Gasteiger partial charge on any atom is -0.345 e. The van der Waals surface area contributed by atoms with E-state index in [1.165, 1.54) is 0 Å². The molecule has 1 N–H and O–H groups in total. The zero-order valence-corrected chi connectivity index (χ0v) is 13.8. The van der Waals surface area contributed by atoms with Gasteiger partial charge >= 0.3 is 0 Å². The van der Waals surface area contributed by atoms with Crippen molar-refractivity contribution in [3.63, 3.8) is 0 Å². The van der Waals surface area contributed by atoms with E-state index in [9.17, 15) is 9.59 Å². The lowest BCUT2D eigenvalue weighted by Crippen LogP contribution is -2.62. The molecule has 0 radical (unpaired) electrons. The van der Waals surface area contributed by atoms with Crippen molar-refractivity contribution in [2.24, 2.45) is 5.41 Å². The fourth-order valence-electron chi connectivity index (χ4n) is 2.54. The van der Waals surface area contributed by atoms with Gasteiger partial charge in [-0.15, -0.1) is 0 Å². The second kappa shape index (κ2) is 5.85. The zero-order chi connectivity index (χ0) is 15.8. The Kier molecular flexibility index (Phi) is 4.49. The van der Waals surface area contributed by atoms with Gasteiger partial charge in [0.25, 0.3) is 0 Å². The maximum Gasteiger partial charge on any atom is 0.243 e. The van der Waals surface area contributed by atoms with E-state index in [0.717, 1.165) is 0 Å². The van der Waals surface area contributed by atoms with Crippen LogP contribution < -0.4 is 5.32 Å². The second-order valence-electron chi connectivity index (χ2n) is 6.21. The Hall–Kier alpha value is -1.26. The average molecular weight is 329 g/mol. The molecule has 1 atom stereocenters. The van der Waals surface area contributed by atoms with Gasteiger partial charge < -0.3 is 10.2 Å². The van der Waals surface area contributed by atoms with Gasteiger partial charge in [-0.2, -0.15) is 0 Å². The molecule has 0 aliphatic carbocycles. The van der Waals surface area contributed by atoms with Crippen molar-refractivity contribution >= 4 is 35.0 Å². The van der Waals surface area contributed by atoms with Gasteiger partial charge in [-0.05, 0) is 17.5 Å². The molecule has 114 valence electrons. The molecular weight excluding hydrogens is 311 g/mol. The van der Waals surface area contributed by atoms with Crippen LogP contribution in [-0.2, 0) is 16.1 Å². The average Bonchev–Trinajstić information content (AvgIpc) is 2.36. The number of hydrogen-bond donors (Lipinski definition) is 1. The standard InChI is InChI=1S/C15H18Cl2N2O2/c1-15(2,3)13-14(21)18-7-12(20)19(13)8-9-10(16)5-4-6-11(9)17/h4-6,13H,7-8H2,1-3H3,(H,18,21). The largest absolute Gasteiger partial charge is 0.345 e. The van der Waals surface area contributed by atoms with E-state index in [4.69, 9.17) is 23.2 Å². The number of hydrogen-bond acceptors (Lipinski definition) is 2. The number of carbonyl (C=O) groups is 2. The third-order valence-corrected chi connectivity index (χ3v) is 4.21. The summed E-state index contributed by atoms with van der Waals surface area (Å²) in [5.74, 6) is -0.282. The lowest BCUT2D eigenvalue weighted by Gasteiger charge is -2.42. The van der Waals surface area contributed by atoms with Crippen LogP contribution in [0.25, 0.3) is 0 Å². The van der Waals surface area contributed by atoms with Crippen LogP contribution in [0.1, 0.15) is 26.3 Å². The summed E-state index contributed by atoms with van der Waals surface area (Å²) in [6.07, 6.45) is 0. The molecule has 0 aromatic heterocycles. The third-order valence-electron chi connectivity index (χ3n) is 3.50. The van der Waals surface area contributed by atoms with E-state index in [1.807, 2.05) is 20.8 Å². The molecule has 6 heteroatoms. The summed E-state index contributed by atoms with van der Waals surface area (Å²) in [6.45, 7) is 6.02. The number of benzene rings is 1. The number of carbonyl (C=O) groups excluding carboxylic acids is 2. The van der Waals surface area contributed by atoms with Gasteiger partial charge in [0.1, 0.15) is 6.04 Å². The number of piperazine rings is 1.